The Hall–Kier alpha value is -2.60. The number of fused-ring (bicyclic) bond motifs is 2. The number of amides is 1. The Kier molecular flexibility index (Phi) is 3.93. The van der Waals surface area contributed by atoms with Gasteiger partial charge in [-0.2, -0.15) is 0 Å². The Labute approximate surface area is 146 Å². The maximum atomic E-state index is 12.9. The number of hydrogen-bond donors (Lipinski definition) is 1. The molecule has 0 bridgehead atoms. The van der Waals surface area contributed by atoms with E-state index < -0.39 is 11.7 Å². The molecule has 5 nitrogen and oxygen atoms in total. The molecule has 0 spiro atoms. The summed E-state index contributed by atoms with van der Waals surface area (Å²) in [5, 5.41) is 2.54. The van der Waals surface area contributed by atoms with E-state index in [1.807, 2.05) is 0 Å². The Morgan fingerprint density at radius 1 is 0.958 bits per heavy atom. The number of ketones is 3. The molecule has 0 aromatic heterocycles. The predicted octanol–water partition coefficient (Wildman–Crippen LogP) is 3.39. The van der Waals surface area contributed by atoms with Crippen molar-refractivity contribution in [3.8, 4) is 0 Å². The molecule has 0 saturated heterocycles. The minimum atomic E-state index is -0.430. The van der Waals surface area contributed by atoms with Crippen molar-refractivity contribution < 1.29 is 19.2 Å². The van der Waals surface area contributed by atoms with Crippen LogP contribution in [0.25, 0.3) is 0 Å². The summed E-state index contributed by atoms with van der Waals surface area (Å²) in [5.74, 6) is -1.47. The van der Waals surface area contributed by atoms with Crippen LogP contribution in [0.15, 0.2) is 34.8 Å². The molecular weight excluding hydrogens is 374 g/mol. The lowest BCUT2D eigenvalue weighted by atomic mass is 9.81. The molecule has 120 valence electrons. The van der Waals surface area contributed by atoms with Gasteiger partial charge in [0.15, 0.2) is 17.3 Å². The molecule has 1 aliphatic rings. The molecule has 24 heavy (non-hydrogen) atoms. The van der Waals surface area contributed by atoms with Crippen molar-refractivity contribution in [1.82, 2.24) is 0 Å². The van der Waals surface area contributed by atoms with Gasteiger partial charge in [-0.3, -0.25) is 19.2 Å². The molecule has 3 rings (SSSR count). The van der Waals surface area contributed by atoms with E-state index in [2.05, 4.69) is 21.2 Å². The topological polar surface area (TPSA) is 80.3 Å². The van der Waals surface area contributed by atoms with E-state index in [1.54, 1.807) is 24.3 Å². The van der Waals surface area contributed by atoms with E-state index in [-0.39, 0.29) is 39.5 Å². The van der Waals surface area contributed by atoms with Gasteiger partial charge in [-0.15, -0.1) is 0 Å². The van der Waals surface area contributed by atoms with Crippen LogP contribution in [0.4, 0.5) is 5.69 Å². The van der Waals surface area contributed by atoms with Gasteiger partial charge in [0.05, 0.1) is 16.8 Å². The second-order valence-electron chi connectivity index (χ2n) is 5.47. The molecule has 1 amide bonds. The number of Topliss-reactive ketones (excluding diaryl/α,β-unsaturated/α-hetero) is 1. The first-order valence-electron chi connectivity index (χ1n) is 7.16. The molecule has 6 heteroatoms. The number of anilines is 1. The average molecular weight is 386 g/mol. The number of rotatable bonds is 2. The first-order valence-corrected chi connectivity index (χ1v) is 7.95. The van der Waals surface area contributed by atoms with Crippen molar-refractivity contribution in [2.45, 2.75) is 13.8 Å². The summed E-state index contributed by atoms with van der Waals surface area (Å²) in [6.07, 6.45) is 0. The number of carbonyl (C=O) groups is 4. The van der Waals surface area contributed by atoms with Gasteiger partial charge < -0.3 is 5.32 Å². The van der Waals surface area contributed by atoms with E-state index in [9.17, 15) is 19.2 Å². The van der Waals surface area contributed by atoms with Crippen LogP contribution in [0.5, 0.6) is 0 Å². The maximum Gasteiger partial charge on any atom is 0.221 e. The Morgan fingerprint density at radius 2 is 1.50 bits per heavy atom. The third-order valence-electron chi connectivity index (χ3n) is 3.83. The highest BCUT2D eigenvalue weighted by Crippen LogP contribution is 2.38. The lowest BCUT2D eigenvalue weighted by Gasteiger charge is -2.23. The third-order valence-corrected chi connectivity index (χ3v) is 4.46. The normalized spacial score (nSPS) is 12.5. The number of halogens is 1. The minimum Gasteiger partial charge on any atom is -0.325 e. The number of nitrogens with one attached hydrogen (secondary N) is 1. The van der Waals surface area contributed by atoms with Crippen molar-refractivity contribution in [1.29, 1.82) is 0 Å². The fourth-order valence-electron chi connectivity index (χ4n) is 2.83. The van der Waals surface area contributed by atoms with Crippen molar-refractivity contribution >= 4 is 44.9 Å². The average Bonchev–Trinajstić information content (AvgIpc) is 2.53. The zero-order valence-electron chi connectivity index (χ0n) is 12.9. The molecule has 0 saturated carbocycles. The Morgan fingerprint density at radius 3 is 2.00 bits per heavy atom. The van der Waals surface area contributed by atoms with Crippen LogP contribution in [0.2, 0.25) is 0 Å². The number of hydrogen-bond acceptors (Lipinski definition) is 4. The quantitative estimate of drug-likeness (QED) is 0.685. The van der Waals surface area contributed by atoms with Crippen LogP contribution in [-0.2, 0) is 4.79 Å². The zero-order chi connectivity index (χ0) is 17.6. The standard InChI is InChI=1S/C18H12BrNO4/c1-8(21)12-7-13(19)14-15(16(12)20-9(2)22)18(24)11-6-4-3-5-10(11)17(14)23/h3-7H,1-2H3,(H,20,22). The summed E-state index contributed by atoms with van der Waals surface area (Å²) in [5.41, 5.74) is 1.03. The highest BCUT2D eigenvalue weighted by molar-refractivity contribution is 9.10. The molecule has 2 aromatic carbocycles. The van der Waals surface area contributed by atoms with Crippen LogP contribution in [0, 0.1) is 0 Å². The summed E-state index contributed by atoms with van der Waals surface area (Å²) in [7, 11) is 0. The second-order valence-corrected chi connectivity index (χ2v) is 6.33. The molecule has 2 aromatic rings. The van der Waals surface area contributed by atoms with E-state index in [0.717, 1.165) is 0 Å². The fraction of sp³-hybridized carbons (Fsp3) is 0.111. The highest BCUT2D eigenvalue weighted by atomic mass is 79.9. The summed E-state index contributed by atoms with van der Waals surface area (Å²) in [4.78, 5) is 49.3. The highest BCUT2D eigenvalue weighted by Gasteiger charge is 2.35. The van der Waals surface area contributed by atoms with Crippen molar-refractivity contribution in [2.75, 3.05) is 5.32 Å². The molecule has 0 aliphatic heterocycles. The van der Waals surface area contributed by atoms with Crippen LogP contribution in [0.1, 0.15) is 56.0 Å². The number of benzene rings is 2. The lowest BCUT2D eigenvalue weighted by Crippen LogP contribution is -2.25. The van der Waals surface area contributed by atoms with Crippen LogP contribution >= 0.6 is 15.9 Å². The smallest absolute Gasteiger partial charge is 0.221 e. The Balaban J connectivity index is 2.41. The minimum absolute atomic E-state index is 0.0495. The van der Waals surface area contributed by atoms with Crippen molar-refractivity contribution in [3.63, 3.8) is 0 Å². The molecule has 0 unspecified atom stereocenters. The largest absolute Gasteiger partial charge is 0.325 e. The van der Waals surface area contributed by atoms with Crippen molar-refractivity contribution in [3.05, 3.63) is 62.6 Å². The third kappa shape index (κ3) is 2.39. The molecule has 0 radical (unpaired) electrons. The molecule has 0 heterocycles. The maximum absolute atomic E-state index is 12.9. The molecule has 0 fully saturated rings. The first kappa shape index (κ1) is 16.3. The van der Waals surface area contributed by atoms with Crippen molar-refractivity contribution in [2.24, 2.45) is 0 Å². The summed E-state index contributed by atoms with van der Waals surface area (Å²) in [6, 6.07) is 7.95. The van der Waals surface area contributed by atoms with Gasteiger partial charge in [-0.05, 0) is 28.9 Å². The van der Waals surface area contributed by atoms with E-state index in [1.165, 1.54) is 19.9 Å². The molecule has 0 atom stereocenters. The van der Waals surface area contributed by atoms with Gasteiger partial charge in [-0.1, -0.05) is 24.3 Å². The predicted molar refractivity (Wildman–Crippen MR) is 91.8 cm³/mol. The summed E-state index contributed by atoms with van der Waals surface area (Å²) < 4.78 is 0.352. The zero-order valence-corrected chi connectivity index (χ0v) is 14.5. The van der Waals surface area contributed by atoms with Gasteiger partial charge >= 0.3 is 0 Å². The Bertz CT molecular complexity index is 946. The molecule has 1 aliphatic carbocycles. The SMILES string of the molecule is CC(=O)Nc1c(C(C)=O)cc(Br)c2c1C(=O)c1ccccc1C2=O. The molecular formula is C18H12BrNO4. The van der Waals surface area contributed by atoms with E-state index in [4.69, 9.17) is 0 Å². The summed E-state index contributed by atoms with van der Waals surface area (Å²) >= 11 is 3.28. The summed E-state index contributed by atoms with van der Waals surface area (Å²) in [6.45, 7) is 2.62. The van der Waals surface area contributed by atoms with E-state index in [0.29, 0.717) is 10.0 Å². The van der Waals surface area contributed by atoms with Crippen LogP contribution < -0.4 is 5.32 Å². The number of carbonyl (C=O) groups excluding carboxylic acids is 4. The van der Waals surface area contributed by atoms with Gasteiger partial charge in [0.1, 0.15) is 0 Å². The molecule has 1 N–H and O–H groups in total. The van der Waals surface area contributed by atoms with Gasteiger partial charge in [-0.25, -0.2) is 0 Å². The first-order chi connectivity index (χ1) is 11.3. The lowest BCUT2D eigenvalue weighted by molar-refractivity contribution is -0.114. The fourth-order valence-corrected chi connectivity index (χ4v) is 3.44. The van der Waals surface area contributed by atoms with Gasteiger partial charge in [0.2, 0.25) is 5.91 Å². The van der Waals surface area contributed by atoms with E-state index >= 15 is 0 Å². The van der Waals surface area contributed by atoms with Gasteiger partial charge in [0, 0.05) is 28.1 Å². The van der Waals surface area contributed by atoms with Crippen LogP contribution in [-0.4, -0.2) is 23.3 Å². The monoisotopic (exact) mass is 385 g/mol. The van der Waals surface area contributed by atoms with Gasteiger partial charge in [0.25, 0.3) is 0 Å². The second kappa shape index (κ2) is 5.79. The van der Waals surface area contributed by atoms with Crippen LogP contribution in [0.3, 0.4) is 0 Å².